The molecule has 6 aliphatic carbocycles. The molecule has 0 N–H and O–H groups in total. The molecule has 6 bridgehead atoms. The number of anilines is 3. The van der Waals surface area contributed by atoms with Gasteiger partial charge in [0, 0.05) is 135 Å². The minimum absolute atomic E-state index is 0.0273. The maximum Gasteiger partial charge on any atom is 0.233 e. The van der Waals surface area contributed by atoms with E-state index in [0.717, 1.165) is 212 Å². The minimum Gasteiger partial charge on any atom is -0.338 e. The highest BCUT2D eigenvalue weighted by Crippen LogP contribution is 2.58. The normalized spacial score (nSPS) is 32.4. The van der Waals surface area contributed by atoms with Gasteiger partial charge in [-0.1, -0.05) is 0 Å². The maximum atomic E-state index is 12.7. The van der Waals surface area contributed by atoms with Crippen LogP contribution in [0.4, 0.5) is 17.8 Å². The highest BCUT2D eigenvalue weighted by molar-refractivity contribution is 6.07. The van der Waals surface area contributed by atoms with Gasteiger partial charge in [0.1, 0.15) is 0 Å². The number of unbranched alkanes of at least 4 members (excludes halogenated alkanes) is 3. The number of hydrogen-bond donors (Lipinski definition) is 0. The van der Waals surface area contributed by atoms with E-state index in [1.165, 1.54) is 0 Å². The van der Waals surface area contributed by atoms with Crippen LogP contribution in [0.1, 0.15) is 96.3 Å². The molecule has 0 radical (unpaired) electrons. The molecule has 12 atom stereocenters. The number of hydrogen-bond acceptors (Lipinski definition) is 18. The molecule has 450 valence electrons. The van der Waals surface area contributed by atoms with Crippen LogP contribution in [-0.4, -0.2) is 213 Å². The molecule has 84 heavy (non-hydrogen) atoms. The van der Waals surface area contributed by atoms with Crippen molar-refractivity contribution in [3.63, 3.8) is 0 Å². The third-order valence-electron chi connectivity index (χ3n) is 22.0. The van der Waals surface area contributed by atoms with Crippen molar-refractivity contribution in [2.75, 3.05) is 133 Å². The van der Waals surface area contributed by atoms with Gasteiger partial charge < -0.3 is 14.7 Å². The van der Waals surface area contributed by atoms with E-state index in [2.05, 4.69) is 59.3 Å². The smallest absolute Gasteiger partial charge is 0.233 e. The van der Waals surface area contributed by atoms with Gasteiger partial charge in [0.15, 0.2) is 0 Å². The fourth-order valence-electron chi connectivity index (χ4n) is 17.8. The van der Waals surface area contributed by atoms with E-state index in [1.54, 1.807) is 51.9 Å². The summed E-state index contributed by atoms with van der Waals surface area (Å²) in [7, 11) is 0. The third kappa shape index (κ3) is 11.6. The molecule has 21 heteroatoms. The van der Waals surface area contributed by atoms with Crippen LogP contribution in [0.15, 0.2) is 55.4 Å². The molecule has 6 aliphatic heterocycles. The molecule has 9 heterocycles. The lowest BCUT2D eigenvalue weighted by atomic mass is 9.81. The lowest BCUT2D eigenvalue weighted by Crippen LogP contribution is -2.47. The zero-order chi connectivity index (χ0) is 57.3. The van der Waals surface area contributed by atoms with Crippen molar-refractivity contribution in [1.29, 1.82) is 0 Å². The van der Waals surface area contributed by atoms with Crippen molar-refractivity contribution < 1.29 is 28.8 Å². The van der Waals surface area contributed by atoms with E-state index in [0.29, 0.717) is 55.1 Å². The van der Waals surface area contributed by atoms with Crippen LogP contribution < -0.4 is 14.7 Å². The molecular weight excluding hydrogens is 1060 g/mol. The summed E-state index contributed by atoms with van der Waals surface area (Å²) in [4.78, 5) is 121. The Kier molecular flexibility index (Phi) is 17.3. The standard InChI is InChI=1S/3C21H29N5O2/c3*27-19-17-15-4-5-16(14-15)18(17)20(28)26(19)9-2-1-8-24-10-12-25(13-11-24)21-22-6-3-7-23-21/h3*3,6-7,15-18H,1-2,4-5,8-14H2/t3*15-,16+,17+,18-. The summed E-state index contributed by atoms with van der Waals surface area (Å²) in [5.74, 6) is 6.35. The van der Waals surface area contributed by atoms with Crippen molar-refractivity contribution in [2.24, 2.45) is 71.0 Å². The molecule has 0 aromatic carbocycles. The van der Waals surface area contributed by atoms with Gasteiger partial charge in [-0.25, -0.2) is 29.9 Å². The van der Waals surface area contributed by atoms with E-state index >= 15 is 0 Å². The Morgan fingerprint density at radius 1 is 0.286 bits per heavy atom. The van der Waals surface area contributed by atoms with E-state index < -0.39 is 0 Å². The van der Waals surface area contributed by atoms with Crippen LogP contribution in [0.25, 0.3) is 0 Å². The summed E-state index contributed by atoms with van der Waals surface area (Å²) in [5.41, 5.74) is 0. The first-order valence-corrected chi connectivity index (χ1v) is 32.5. The van der Waals surface area contributed by atoms with Crippen molar-refractivity contribution in [3.05, 3.63) is 55.4 Å². The number of amides is 6. The summed E-state index contributed by atoms with van der Waals surface area (Å²) in [5, 5.41) is 0. The Morgan fingerprint density at radius 3 is 0.702 bits per heavy atom. The Morgan fingerprint density at radius 2 is 0.488 bits per heavy atom. The zero-order valence-corrected chi connectivity index (χ0v) is 49.1. The number of rotatable bonds is 18. The Balaban J connectivity index is 0.000000118. The predicted molar refractivity (Wildman–Crippen MR) is 313 cm³/mol. The van der Waals surface area contributed by atoms with Gasteiger partial charge in [0.2, 0.25) is 53.3 Å². The number of nitrogens with zero attached hydrogens (tertiary/aromatic N) is 15. The molecule has 0 unspecified atom stereocenters. The van der Waals surface area contributed by atoms with Gasteiger partial charge in [-0.15, -0.1) is 0 Å². The number of fused-ring (bicyclic) bond motifs is 15. The molecule has 3 aromatic heterocycles. The highest BCUT2D eigenvalue weighted by Gasteiger charge is 2.63. The van der Waals surface area contributed by atoms with Crippen LogP contribution in [0.2, 0.25) is 0 Å². The van der Waals surface area contributed by atoms with Crippen LogP contribution in [0, 0.1) is 71.0 Å². The van der Waals surface area contributed by atoms with Crippen LogP contribution >= 0.6 is 0 Å². The van der Waals surface area contributed by atoms with E-state index in [4.69, 9.17) is 0 Å². The third-order valence-corrected chi connectivity index (χ3v) is 22.0. The Hall–Kier alpha value is -6.06. The maximum absolute atomic E-state index is 12.7. The first kappa shape index (κ1) is 57.0. The molecule has 3 aromatic rings. The number of carbonyl (C=O) groups excluding carboxylic acids is 6. The Labute approximate surface area is 494 Å². The molecule has 15 rings (SSSR count). The number of aromatic nitrogens is 6. The van der Waals surface area contributed by atoms with Crippen molar-refractivity contribution in [1.82, 2.24) is 59.3 Å². The lowest BCUT2D eigenvalue weighted by molar-refractivity contribution is -0.142. The molecule has 12 fully saturated rings. The van der Waals surface area contributed by atoms with Crippen molar-refractivity contribution >= 4 is 53.3 Å². The van der Waals surface area contributed by atoms with Gasteiger partial charge in [-0.2, -0.15) is 0 Å². The van der Waals surface area contributed by atoms with Gasteiger partial charge in [0.05, 0.1) is 35.5 Å². The Bertz CT molecular complexity index is 2420. The van der Waals surface area contributed by atoms with Gasteiger partial charge in [-0.3, -0.25) is 58.2 Å². The SMILES string of the molecule is O=C1[C@@H]2[C@H]3CC[C@H](C3)[C@@H]2C(=O)N1CCCCN1CCN(c2ncccn2)CC1.O=C1[C@@H]2[C@H]3CC[C@H](C3)[C@@H]2C(=O)N1CCCCN1CCN(c2ncccn2)CC1.O=C1[C@@H]2[C@H]3CC[C@H](C3)[C@@H]2C(=O)N1CCCCN1CCN(c2ncccn2)CC1. The molecule has 12 aliphatic rings. The number of likely N-dealkylation sites (tertiary alicyclic amines) is 3. The average molecular weight is 1150 g/mol. The highest BCUT2D eigenvalue weighted by atomic mass is 16.2. The molecule has 21 nitrogen and oxygen atoms in total. The van der Waals surface area contributed by atoms with Gasteiger partial charge in [0.25, 0.3) is 0 Å². The molecule has 6 saturated carbocycles. The quantitative estimate of drug-likeness (QED) is 0.129. The second-order valence-corrected chi connectivity index (χ2v) is 26.4. The van der Waals surface area contributed by atoms with Gasteiger partial charge in [-0.05, 0) is 170 Å². The number of carbonyl (C=O) groups is 6. The lowest BCUT2D eigenvalue weighted by Gasteiger charge is -2.34. The van der Waals surface area contributed by atoms with Crippen LogP contribution in [-0.2, 0) is 28.8 Å². The first-order valence-electron chi connectivity index (χ1n) is 32.5. The second-order valence-electron chi connectivity index (χ2n) is 26.4. The largest absolute Gasteiger partial charge is 0.338 e. The summed E-state index contributed by atoms with van der Waals surface area (Å²) in [6, 6.07) is 5.52. The van der Waals surface area contributed by atoms with Crippen LogP contribution in [0.3, 0.4) is 0 Å². The monoisotopic (exact) mass is 1150 g/mol. The summed E-state index contributed by atoms with van der Waals surface area (Å²) >= 11 is 0. The molecule has 0 spiro atoms. The fraction of sp³-hybridized carbons (Fsp3) is 0.714. The second kappa shape index (κ2) is 25.5. The zero-order valence-electron chi connectivity index (χ0n) is 49.1. The van der Waals surface area contributed by atoms with E-state index in [-0.39, 0.29) is 71.0 Å². The van der Waals surface area contributed by atoms with Crippen molar-refractivity contribution in [3.8, 4) is 0 Å². The van der Waals surface area contributed by atoms with Gasteiger partial charge >= 0.3 is 0 Å². The summed E-state index contributed by atoms with van der Waals surface area (Å²) < 4.78 is 0. The summed E-state index contributed by atoms with van der Waals surface area (Å²) in [6.07, 6.45) is 26.8. The van der Waals surface area contributed by atoms with E-state index in [9.17, 15) is 28.8 Å². The minimum atomic E-state index is 0.0273. The topological polar surface area (TPSA) is 209 Å². The molecule has 6 amide bonds. The summed E-state index contributed by atoms with van der Waals surface area (Å²) in [6.45, 7) is 16.6. The number of imide groups is 3. The molecule has 6 saturated heterocycles. The average Bonchev–Trinajstić information content (AvgIpc) is 3.33. The van der Waals surface area contributed by atoms with E-state index in [1.807, 2.05) is 18.2 Å². The predicted octanol–water partition coefficient (Wildman–Crippen LogP) is 4.23. The fourth-order valence-corrected chi connectivity index (χ4v) is 17.8. The first-order chi connectivity index (χ1) is 41.2. The number of piperazine rings is 3. The molecular formula is C63H87N15O6. The van der Waals surface area contributed by atoms with Crippen LogP contribution in [0.5, 0.6) is 0 Å². The van der Waals surface area contributed by atoms with Crippen molar-refractivity contribution in [2.45, 2.75) is 96.3 Å².